The average molecular weight is 375 g/mol. The molecule has 2 N–H and O–H groups in total. The monoisotopic (exact) mass is 375 g/mol. The number of ether oxygens (including phenoxy) is 2. The molecule has 0 aromatic heterocycles. The van der Waals surface area contributed by atoms with Crippen LogP contribution in [0.5, 0.6) is 5.75 Å². The van der Waals surface area contributed by atoms with Crippen molar-refractivity contribution in [1.82, 2.24) is 0 Å². The van der Waals surface area contributed by atoms with Crippen molar-refractivity contribution in [2.45, 2.75) is 25.0 Å². The molecule has 0 amide bonds. The molecule has 0 radical (unpaired) electrons. The number of benzene rings is 2. The van der Waals surface area contributed by atoms with Crippen molar-refractivity contribution in [1.29, 1.82) is 0 Å². The number of aromatic carboxylic acids is 1. The lowest BCUT2D eigenvalue weighted by Crippen LogP contribution is -2.37. The van der Waals surface area contributed by atoms with Crippen molar-refractivity contribution < 1.29 is 28.2 Å². The molecule has 7 heteroatoms. The third-order valence-corrected chi connectivity index (χ3v) is 5.31. The Morgan fingerprint density at radius 1 is 1.26 bits per heavy atom. The van der Waals surface area contributed by atoms with Crippen LogP contribution in [0.1, 0.15) is 46.5 Å². The Bertz CT molecular complexity index is 879. The van der Waals surface area contributed by atoms with Crippen molar-refractivity contribution >= 4 is 11.7 Å². The number of carboxylic acid groups (broad SMARTS) is 1. The van der Waals surface area contributed by atoms with Crippen molar-refractivity contribution in [3.63, 3.8) is 0 Å². The molecule has 5 nitrogen and oxygen atoms in total. The van der Waals surface area contributed by atoms with E-state index in [4.69, 9.17) is 14.6 Å². The van der Waals surface area contributed by atoms with Crippen LogP contribution in [0.25, 0.3) is 0 Å². The Morgan fingerprint density at radius 2 is 2.00 bits per heavy atom. The largest absolute Gasteiger partial charge is 0.497 e. The number of rotatable bonds is 3. The number of carboxylic acids is 1. The summed E-state index contributed by atoms with van der Waals surface area (Å²) in [7, 11) is 1.58. The Morgan fingerprint density at radius 3 is 2.67 bits per heavy atom. The van der Waals surface area contributed by atoms with Gasteiger partial charge in [-0.3, -0.25) is 0 Å². The minimum Gasteiger partial charge on any atom is -0.497 e. The first-order chi connectivity index (χ1) is 13.0. The SMILES string of the molecule is COc1ccc2c(c1)[C@@H]1OCCC[C@@H]1[C@@H](c1c(F)cc(C(=O)O)cc1F)N2. The van der Waals surface area contributed by atoms with E-state index in [2.05, 4.69) is 5.32 Å². The maximum atomic E-state index is 14.7. The van der Waals surface area contributed by atoms with Crippen LogP contribution in [0.15, 0.2) is 30.3 Å². The van der Waals surface area contributed by atoms with Gasteiger partial charge in [0, 0.05) is 29.3 Å². The highest BCUT2D eigenvalue weighted by molar-refractivity contribution is 5.87. The van der Waals surface area contributed by atoms with Gasteiger partial charge in [-0.15, -0.1) is 0 Å². The van der Waals surface area contributed by atoms with E-state index < -0.39 is 29.2 Å². The fourth-order valence-electron chi connectivity index (χ4n) is 4.07. The van der Waals surface area contributed by atoms with Crippen LogP contribution in [0, 0.1) is 17.6 Å². The standard InChI is InChI=1S/C20H19F2NO4/c1-26-11-4-5-16-13(9-11)19-12(3-2-6-27-19)18(23-16)17-14(21)7-10(20(24)25)8-15(17)22/h4-5,7-9,12,18-19,23H,2-3,6H2,1H3,(H,24,25)/t12-,18+,19-/m1/s1. The average Bonchev–Trinajstić information content (AvgIpc) is 2.67. The second-order valence-corrected chi connectivity index (χ2v) is 6.83. The lowest BCUT2D eigenvalue weighted by molar-refractivity contribution is -0.0388. The Kier molecular flexibility index (Phi) is 4.47. The summed E-state index contributed by atoms with van der Waals surface area (Å²) >= 11 is 0. The zero-order valence-electron chi connectivity index (χ0n) is 14.7. The molecular weight excluding hydrogens is 356 g/mol. The maximum Gasteiger partial charge on any atom is 0.335 e. The fourth-order valence-corrected chi connectivity index (χ4v) is 4.07. The summed E-state index contributed by atoms with van der Waals surface area (Å²) in [5.41, 5.74) is 1.07. The summed E-state index contributed by atoms with van der Waals surface area (Å²) in [4.78, 5) is 11.1. The number of fused-ring (bicyclic) bond motifs is 3. The molecule has 2 aliphatic heterocycles. The number of methoxy groups -OCH3 is 1. The van der Waals surface area contributed by atoms with E-state index in [-0.39, 0.29) is 17.6 Å². The minimum atomic E-state index is -1.37. The maximum absolute atomic E-state index is 14.7. The topological polar surface area (TPSA) is 67.8 Å². The van der Waals surface area contributed by atoms with Crippen molar-refractivity contribution in [3.8, 4) is 5.75 Å². The second-order valence-electron chi connectivity index (χ2n) is 6.83. The molecular formula is C20H19F2NO4. The molecule has 0 saturated carbocycles. The van der Waals surface area contributed by atoms with Crippen LogP contribution in [0.2, 0.25) is 0 Å². The molecule has 0 aliphatic carbocycles. The van der Waals surface area contributed by atoms with E-state index in [1.54, 1.807) is 19.2 Å². The van der Waals surface area contributed by atoms with Crippen molar-refractivity contribution in [3.05, 3.63) is 58.7 Å². The van der Waals surface area contributed by atoms with Gasteiger partial charge in [-0.05, 0) is 43.2 Å². The summed E-state index contributed by atoms with van der Waals surface area (Å²) in [6.45, 7) is 0.577. The molecule has 2 aliphatic rings. The van der Waals surface area contributed by atoms with E-state index in [1.165, 1.54) is 0 Å². The third kappa shape index (κ3) is 3.02. The molecule has 142 valence electrons. The number of hydrogen-bond donors (Lipinski definition) is 2. The Labute approximate surface area is 154 Å². The molecule has 2 aromatic rings. The van der Waals surface area contributed by atoms with Gasteiger partial charge in [0.25, 0.3) is 0 Å². The van der Waals surface area contributed by atoms with Gasteiger partial charge in [0.15, 0.2) is 0 Å². The zero-order chi connectivity index (χ0) is 19.1. The molecule has 3 atom stereocenters. The Balaban J connectivity index is 1.81. The molecule has 4 rings (SSSR count). The lowest BCUT2D eigenvalue weighted by atomic mass is 9.77. The van der Waals surface area contributed by atoms with Crippen LogP contribution in [0.3, 0.4) is 0 Å². The number of carbonyl (C=O) groups is 1. The molecule has 1 saturated heterocycles. The summed E-state index contributed by atoms with van der Waals surface area (Å²) in [5, 5.41) is 12.3. The first kappa shape index (κ1) is 17.7. The van der Waals surface area contributed by atoms with Crippen LogP contribution in [-0.2, 0) is 4.74 Å². The number of nitrogens with one attached hydrogen (secondary N) is 1. The van der Waals surface area contributed by atoms with Crippen molar-refractivity contribution in [2.24, 2.45) is 5.92 Å². The molecule has 2 aromatic carbocycles. The number of hydrogen-bond acceptors (Lipinski definition) is 4. The molecule has 0 unspecified atom stereocenters. The summed E-state index contributed by atoms with van der Waals surface area (Å²) < 4.78 is 40.7. The van der Waals surface area contributed by atoms with Crippen LogP contribution >= 0.6 is 0 Å². The fraction of sp³-hybridized carbons (Fsp3) is 0.350. The first-order valence-corrected chi connectivity index (χ1v) is 8.78. The van der Waals surface area contributed by atoms with Gasteiger partial charge in [-0.1, -0.05) is 0 Å². The third-order valence-electron chi connectivity index (χ3n) is 5.31. The van der Waals surface area contributed by atoms with Crippen LogP contribution in [-0.4, -0.2) is 24.8 Å². The lowest BCUT2D eigenvalue weighted by Gasteiger charge is -2.43. The van der Waals surface area contributed by atoms with E-state index in [1.807, 2.05) is 6.07 Å². The van der Waals surface area contributed by atoms with Crippen LogP contribution in [0.4, 0.5) is 14.5 Å². The molecule has 0 bridgehead atoms. The van der Waals surface area contributed by atoms with Gasteiger partial charge >= 0.3 is 5.97 Å². The van der Waals surface area contributed by atoms with Gasteiger partial charge in [-0.25, -0.2) is 13.6 Å². The summed E-state index contributed by atoms with van der Waals surface area (Å²) in [5.74, 6) is -2.60. The predicted molar refractivity (Wildman–Crippen MR) is 94.1 cm³/mol. The Hall–Kier alpha value is -2.67. The highest BCUT2D eigenvalue weighted by Crippen LogP contribution is 2.50. The van der Waals surface area contributed by atoms with Gasteiger partial charge in [0.05, 0.1) is 24.8 Å². The molecule has 1 fully saturated rings. The minimum absolute atomic E-state index is 0.151. The summed E-state index contributed by atoms with van der Waals surface area (Å²) in [6, 6.07) is 6.53. The number of halogens is 2. The quantitative estimate of drug-likeness (QED) is 0.837. The van der Waals surface area contributed by atoms with Gasteiger partial charge in [0.1, 0.15) is 17.4 Å². The molecule has 2 heterocycles. The first-order valence-electron chi connectivity index (χ1n) is 8.78. The van der Waals surface area contributed by atoms with E-state index in [0.717, 1.165) is 36.2 Å². The van der Waals surface area contributed by atoms with Gasteiger partial charge in [-0.2, -0.15) is 0 Å². The molecule has 0 spiro atoms. The highest BCUT2D eigenvalue weighted by atomic mass is 19.1. The predicted octanol–water partition coefficient (Wildman–Crippen LogP) is 4.31. The number of anilines is 1. The highest BCUT2D eigenvalue weighted by Gasteiger charge is 2.42. The van der Waals surface area contributed by atoms with Gasteiger partial charge < -0.3 is 19.9 Å². The molecule has 27 heavy (non-hydrogen) atoms. The van der Waals surface area contributed by atoms with E-state index in [0.29, 0.717) is 12.4 Å². The van der Waals surface area contributed by atoms with Crippen LogP contribution < -0.4 is 10.1 Å². The van der Waals surface area contributed by atoms with Crippen molar-refractivity contribution in [2.75, 3.05) is 19.0 Å². The second kappa shape index (κ2) is 6.81. The van der Waals surface area contributed by atoms with Gasteiger partial charge in [0.2, 0.25) is 0 Å². The van der Waals surface area contributed by atoms with E-state index in [9.17, 15) is 13.6 Å². The summed E-state index contributed by atoms with van der Waals surface area (Å²) in [6.07, 6.45) is 1.21. The normalized spacial score (nSPS) is 23.7. The van der Waals surface area contributed by atoms with E-state index >= 15 is 0 Å². The smallest absolute Gasteiger partial charge is 0.335 e. The zero-order valence-corrected chi connectivity index (χ0v) is 14.7.